The first kappa shape index (κ1) is 12.0. The first-order valence-corrected chi connectivity index (χ1v) is 6.22. The van der Waals surface area contributed by atoms with Crippen LogP contribution >= 0.6 is 0 Å². The first-order chi connectivity index (χ1) is 9.24. The van der Waals surface area contributed by atoms with Gasteiger partial charge < -0.3 is 15.2 Å². The summed E-state index contributed by atoms with van der Waals surface area (Å²) >= 11 is 0. The van der Waals surface area contributed by atoms with Gasteiger partial charge >= 0.3 is 0 Å². The number of rotatable bonds is 3. The third-order valence-corrected chi connectivity index (χ3v) is 3.20. The molecule has 0 saturated carbocycles. The minimum atomic E-state index is -0.140. The summed E-state index contributed by atoms with van der Waals surface area (Å²) in [6, 6.07) is 5.67. The number of nitrogens with two attached hydrogens (primary N) is 1. The number of hydrogen-bond donors (Lipinski definition) is 1. The highest BCUT2D eigenvalue weighted by Gasteiger charge is 2.16. The number of ether oxygens (including phenoxy) is 2. The molecule has 2 heterocycles. The highest BCUT2D eigenvalue weighted by molar-refractivity contribution is 5.44. The molecule has 0 fully saturated rings. The van der Waals surface area contributed by atoms with Crippen molar-refractivity contribution < 1.29 is 9.47 Å². The lowest BCUT2D eigenvalue weighted by Gasteiger charge is -2.20. The molecule has 1 atom stereocenters. The standard InChI is InChI=1S/C13H16N4O2/c1-17-13(15-8-16-17)7-10(14)9-2-3-11-12(6-9)19-5-4-18-11/h2-3,6,8,10H,4-5,7,14H2,1H3. The molecule has 1 aliphatic heterocycles. The zero-order valence-corrected chi connectivity index (χ0v) is 10.7. The molecule has 0 amide bonds. The second-order valence-electron chi connectivity index (χ2n) is 4.51. The molecule has 2 N–H and O–H groups in total. The minimum Gasteiger partial charge on any atom is -0.486 e. The normalized spacial score (nSPS) is 15.3. The van der Waals surface area contributed by atoms with E-state index in [9.17, 15) is 0 Å². The van der Waals surface area contributed by atoms with Crippen LogP contribution in [0.3, 0.4) is 0 Å². The van der Waals surface area contributed by atoms with E-state index in [1.54, 1.807) is 4.68 Å². The molecule has 6 nitrogen and oxygen atoms in total. The molecule has 1 unspecified atom stereocenters. The third-order valence-electron chi connectivity index (χ3n) is 3.20. The summed E-state index contributed by atoms with van der Waals surface area (Å²) in [5, 5.41) is 4.04. The monoisotopic (exact) mass is 260 g/mol. The topological polar surface area (TPSA) is 75.2 Å². The van der Waals surface area contributed by atoms with E-state index in [1.165, 1.54) is 6.33 Å². The van der Waals surface area contributed by atoms with Gasteiger partial charge in [-0.2, -0.15) is 5.10 Å². The van der Waals surface area contributed by atoms with E-state index in [0.29, 0.717) is 19.6 Å². The molecule has 0 aliphatic carbocycles. The molecule has 1 aromatic carbocycles. The van der Waals surface area contributed by atoms with Gasteiger partial charge in [-0.05, 0) is 17.7 Å². The van der Waals surface area contributed by atoms with Gasteiger partial charge in [0.2, 0.25) is 0 Å². The van der Waals surface area contributed by atoms with Gasteiger partial charge in [0.1, 0.15) is 25.4 Å². The van der Waals surface area contributed by atoms with Gasteiger partial charge in [0.05, 0.1) is 0 Å². The van der Waals surface area contributed by atoms with E-state index in [4.69, 9.17) is 15.2 Å². The molecule has 3 rings (SSSR count). The van der Waals surface area contributed by atoms with Gasteiger partial charge in [-0.1, -0.05) is 6.07 Å². The molecule has 0 bridgehead atoms. The molecule has 1 aliphatic rings. The molecule has 2 aromatic rings. The number of hydrogen-bond acceptors (Lipinski definition) is 5. The summed E-state index contributed by atoms with van der Waals surface area (Å²) in [6.45, 7) is 1.17. The van der Waals surface area contributed by atoms with Gasteiger partial charge in [-0.3, -0.25) is 4.68 Å². The molecule has 0 saturated heterocycles. The molecule has 0 radical (unpaired) electrons. The fourth-order valence-electron chi connectivity index (χ4n) is 2.11. The summed E-state index contributed by atoms with van der Waals surface area (Å²) in [7, 11) is 1.86. The van der Waals surface area contributed by atoms with Crippen LogP contribution in [-0.4, -0.2) is 28.0 Å². The van der Waals surface area contributed by atoms with E-state index in [2.05, 4.69) is 10.1 Å². The van der Waals surface area contributed by atoms with Crippen molar-refractivity contribution >= 4 is 0 Å². The van der Waals surface area contributed by atoms with Crippen molar-refractivity contribution in [1.82, 2.24) is 14.8 Å². The van der Waals surface area contributed by atoms with Crippen LogP contribution in [0.1, 0.15) is 17.4 Å². The van der Waals surface area contributed by atoms with Crippen LogP contribution in [0.15, 0.2) is 24.5 Å². The SMILES string of the molecule is Cn1ncnc1CC(N)c1ccc2c(c1)OCCO2. The van der Waals surface area contributed by atoms with Crippen LogP contribution < -0.4 is 15.2 Å². The maximum atomic E-state index is 6.21. The van der Waals surface area contributed by atoms with E-state index in [1.807, 2.05) is 25.2 Å². The van der Waals surface area contributed by atoms with Gasteiger partial charge in [0.15, 0.2) is 11.5 Å². The van der Waals surface area contributed by atoms with Crippen molar-refractivity contribution in [2.45, 2.75) is 12.5 Å². The molecule has 19 heavy (non-hydrogen) atoms. The first-order valence-electron chi connectivity index (χ1n) is 6.22. The van der Waals surface area contributed by atoms with Crippen molar-refractivity contribution in [3.63, 3.8) is 0 Å². The van der Waals surface area contributed by atoms with Gasteiger partial charge in [-0.25, -0.2) is 4.98 Å². The Hall–Kier alpha value is -2.08. The van der Waals surface area contributed by atoms with Gasteiger partial charge in [0, 0.05) is 19.5 Å². The van der Waals surface area contributed by atoms with Crippen LogP contribution in [0.5, 0.6) is 11.5 Å². The zero-order chi connectivity index (χ0) is 13.2. The lowest BCUT2D eigenvalue weighted by atomic mass is 10.0. The quantitative estimate of drug-likeness (QED) is 0.884. The summed E-state index contributed by atoms with van der Waals surface area (Å²) in [6.07, 6.45) is 2.17. The van der Waals surface area contributed by atoms with Crippen LogP contribution in [-0.2, 0) is 13.5 Å². The van der Waals surface area contributed by atoms with Gasteiger partial charge in [-0.15, -0.1) is 0 Å². The summed E-state index contributed by atoms with van der Waals surface area (Å²) in [5.41, 5.74) is 7.22. The fraction of sp³-hybridized carbons (Fsp3) is 0.385. The van der Waals surface area contributed by atoms with E-state index in [0.717, 1.165) is 22.9 Å². The molecule has 1 aromatic heterocycles. The van der Waals surface area contributed by atoms with E-state index in [-0.39, 0.29) is 6.04 Å². The lowest BCUT2D eigenvalue weighted by Crippen LogP contribution is -2.18. The van der Waals surface area contributed by atoms with Crippen molar-refractivity contribution in [3.05, 3.63) is 35.9 Å². The largest absolute Gasteiger partial charge is 0.486 e. The van der Waals surface area contributed by atoms with E-state index >= 15 is 0 Å². The fourth-order valence-corrected chi connectivity index (χ4v) is 2.11. The highest BCUT2D eigenvalue weighted by Crippen LogP contribution is 2.32. The third kappa shape index (κ3) is 2.39. The lowest BCUT2D eigenvalue weighted by molar-refractivity contribution is 0.171. The van der Waals surface area contributed by atoms with E-state index < -0.39 is 0 Å². The predicted molar refractivity (Wildman–Crippen MR) is 69.1 cm³/mol. The second-order valence-corrected chi connectivity index (χ2v) is 4.51. The van der Waals surface area contributed by atoms with Crippen molar-refractivity contribution in [2.24, 2.45) is 12.8 Å². The van der Waals surface area contributed by atoms with Crippen molar-refractivity contribution in [2.75, 3.05) is 13.2 Å². The Morgan fingerprint density at radius 3 is 2.84 bits per heavy atom. The molecule has 6 heteroatoms. The average molecular weight is 260 g/mol. The number of benzene rings is 1. The minimum absolute atomic E-state index is 0.140. The molecular weight excluding hydrogens is 244 g/mol. The number of aromatic nitrogens is 3. The van der Waals surface area contributed by atoms with Crippen LogP contribution in [0.25, 0.3) is 0 Å². The van der Waals surface area contributed by atoms with Crippen LogP contribution in [0.2, 0.25) is 0 Å². The summed E-state index contributed by atoms with van der Waals surface area (Å²) in [5.74, 6) is 2.40. The highest BCUT2D eigenvalue weighted by atomic mass is 16.6. The summed E-state index contributed by atoms with van der Waals surface area (Å²) in [4.78, 5) is 4.18. The predicted octanol–water partition coefficient (Wildman–Crippen LogP) is 0.829. The molecule has 0 spiro atoms. The number of fused-ring (bicyclic) bond motifs is 1. The Bertz CT molecular complexity index is 582. The van der Waals surface area contributed by atoms with Gasteiger partial charge in [0.25, 0.3) is 0 Å². The van der Waals surface area contributed by atoms with Crippen molar-refractivity contribution in [1.29, 1.82) is 0 Å². The number of aryl methyl sites for hydroxylation is 1. The maximum Gasteiger partial charge on any atom is 0.161 e. The average Bonchev–Trinajstić information content (AvgIpc) is 2.84. The van der Waals surface area contributed by atoms with Crippen LogP contribution in [0.4, 0.5) is 0 Å². The van der Waals surface area contributed by atoms with Crippen molar-refractivity contribution in [3.8, 4) is 11.5 Å². The summed E-state index contributed by atoms with van der Waals surface area (Å²) < 4.78 is 12.8. The smallest absolute Gasteiger partial charge is 0.161 e. The second kappa shape index (κ2) is 4.89. The Labute approximate surface area is 111 Å². The number of nitrogens with zero attached hydrogens (tertiary/aromatic N) is 3. The molecule has 100 valence electrons. The Morgan fingerprint density at radius 1 is 1.32 bits per heavy atom. The van der Waals surface area contributed by atoms with Crippen LogP contribution in [0, 0.1) is 0 Å². The Morgan fingerprint density at radius 2 is 2.11 bits per heavy atom. The Kier molecular flexibility index (Phi) is 3.08. The Balaban J connectivity index is 1.80. The zero-order valence-electron chi connectivity index (χ0n) is 10.7. The maximum absolute atomic E-state index is 6.21. The molecular formula is C13H16N4O2.